The van der Waals surface area contributed by atoms with Crippen molar-refractivity contribution in [1.82, 2.24) is 0 Å². The van der Waals surface area contributed by atoms with Crippen molar-refractivity contribution in [2.24, 2.45) is 0 Å². The topological polar surface area (TPSA) is 38.8 Å². The number of anilines is 1. The van der Waals surface area contributed by atoms with Gasteiger partial charge in [0.1, 0.15) is 0 Å². The number of morpholine rings is 1. The number of rotatable bonds is 3. The van der Waals surface area contributed by atoms with Gasteiger partial charge in [0.2, 0.25) is 0 Å². The molecule has 4 heteroatoms. The molecule has 1 heterocycles. The molecule has 0 saturated carbocycles. The van der Waals surface area contributed by atoms with Crippen LogP contribution in [-0.2, 0) is 9.47 Å². The van der Waals surface area contributed by atoms with Crippen LogP contribution in [0.4, 0.5) is 5.69 Å². The highest BCUT2D eigenvalue weighted by molar-refractivity contribution is 5.89. The highest BCUT2D eigenvalue weighted by atomic mass is 16.5. The third-order valence-corrected chi connectivity index (χ3v) is 3.16. The largest absolute Gasteiger partial charge is 0.462 e. The number of benzene rings is 1. The highest BCUT2D eigenvalue weighted by Gasteiger charge is 2.22. The lowest BCUT2D eigenvalue weighted by Gasteiger charge is -2.36. The number of hydrogen-bond donors (Lipinski definition) is 0. The maximum absolute atomic E-state index is 11.6. The molecule has 19 heavy (non-hydrogen) atoms. The van der Waals surface area contributed by atoms with Gasteiger partial charge in [-0.1, -0.05) is 0 Å². The van der Waals surface area contributed by atoms with E-state index in [2.05, 4.69) is 18.7 Å². The van der Waals surface area contributed by atoms with E-state index in [0.29, 0.717) is 12.2 Å². The maximum atomic E-state index is 11.6. The van der Waals surface area contributed by atoms with Gasteiger partial charge in [0.15, 0.2) is 0 Å². The van der Waals surface area contributed by atoms with E-state index in [-0.39, 0.29) is 18.2 Å². The fourth-order valence-corrected chi connectivity index (χ4v) is 2.41. The van der Waals surface area contributed by atoms with E-state index >= 15 is 0 Å². The Balaban J connectivity index is 2.07. The molecule has 0 radical (unpaired) electrons. The van der Waals surface area contributed by atoms with Crippen molar-refractivity contribution in [3.63, 3.8) is 0 Å². The molecule has 1 fully saturated rings. The molecule has 4 nitrogen and oxygen atoms in total. The number of carbonyl (C=O) groups excluding carboxylic acids is 1. The van der Waals surface area contributed by atoms with Crippen molar-refractivity contribution in [2.45, 2.75) is 33.0 Å². The van der Waals surface area contributed by atoms with Gasteiger partial charge in [0, 0.05) is 18.8 Å². The lowest BCUT2D eigenvalue weighted by atomic mass is 10.1. The summed E-state index contributed by atoms with van der Waals surface area (Å²) in [5, 5.41) is 0. The first-order valence-electron chi connectivity index (χ1n) is 6.77. The molecule has 2 atom stereocenters. The Hall–Kier alpha value is -1.55. The Bertz CT molecular complexity index is 420. The van der Waals surface area contributed by atoms with Gasteiger partial charge in [-0.3, -0.25) is 0 Å². The highest BCUT2D eigenvalue weighted by Crippen LogP contribution is 2.21. The van der Waals surface area contributed by atoms with E-state index in [9.17, 15) is 4.79 Å². The first kappa shape index (κ1) is 13.9. The van der Waals surface area contributed by atoms with Crippen LogP contribution in [0.15, 0.2) is 24.3 Å². The van der Waals surface area contributed by atoms with Crippen LogP contribution in [0.1, 0.15) is 31.1 Å². The molecular formula is C15H21NO3. The first-order valence-corrected chi connectivity index (χ1v) is 6.77. The average Bonchev–Trinajstić information content (AvgIpc) is 2.38. The van der Waals surface area contributed by atoms with E-state index in [1.165, 1.54) is 0 Å². The Morgan fingerprint density at radius 3 is 2.37 bits per heavy atom. The molecule has 0 spiro atoms. The zero-order chi connectivity index (χ0) is 13.8. The standard InChI is InChI=1S/C15H21NO3/c1-4-18-15(17)13-5-7-14(8-6-13)16-9-11(2)19-12(3)10-16/h5-8,11-12H,4,9-10H2,1-3H3. The minimum Gasteiger partial charge on any atom is -0.462 e. The average molecular weight is 263 g/mol. The number of hydrogen-bond acceptors (Lipinski definition) is 4. The molecule has 0 N–H and O–H groups in total. The van der Waals surface area contributed by atoms with Crippen LogP contribution >= 0.6 is 0 Å². The normalized spacial score (nSPS) is 23.2. The third kappa shape index (κ3) is 3.47. The van der Waals surface area contributed by atoms with E-state index in [4.69, 9.17) is 9.47 Å². The van der Waals surface area contributed by atoms with Gasteiger partial charge in [-0.15, -0.1) is 0 Å². The van der Waals surface area contributed by atoms with Crippen LogP contribution in [0, 0.1) is 0 Å². The van der Waals surface area contributed by atoms with Gasteiger partial charge in [-0.2, -0.15) is 0 Å². The van der Waals surface area contributed by atoms with E-state index in [1.54, 1.807) is 0 Å². The van der Waals surface area contributed by atoms with Crippen molar-refractivity contribution in [3.05, 3.63) is 29.8 Å². The van der Waals surface area contributed by atoms with Gasteiger partial charge in [-0.25, -0.2) is 4.79 Å². The summed E-state index contributed by atoms with van der Waals surface area (Å²) in [7, 11) is 0. The Labute approximate surface area is 114 Å². The van der Waals surface area contributed by atoms with E-state index in [0.717, 1.165) is 18.8 Å². The summed E-state index contributed by atoms with van der Waals surface area (Å²) in [4.78, 5) is 13.9. The summed E-state index contributed by atoms with van der Waals surface area (Å²) < 4.78 is 10.7. The molecule has 1 aromatic rings. The van der Waals surface area contributed by atoms with Crippen LogP contribution in [0.5, 0.6) is 0 Å². The summed E-state index contributed by atoms with van der Waals surface area (Å²) in [6, 6.07) is 7.57. The SMILES string of the molecule is CCOC(=O)c1ccc(N2CC(C)OC(C)C2)cc1. The van der Waals surface area contributed by atoms with Crippen LogP contribution in [0.3, 0.4) is 0 Å². The summed E-state index contributed by atoms with van der Waals surface area (Å²) in [5.41, 5.74) is 1.72. The van der Waals surface area contributed by atoms with Crippen molar-refractivity contribution in [3.8, 4) is 0 Å². The minimum atomic E-state index is -0.266. The van der Waals surface area contributed by atoms with Gasteiger partial charge in [0.05, 0.1) is 24.4 Å². The second-order valence-electron chi connectivity index (χ2n) is 4.93. The number of nitrogens with zero attached hydrogens (tertiary/aromatic N) is 1. The first-order chi connectivity index (χ1) is 9.10. The zero-order valence-corrected chi connectivity index (χ0v) is 11.8. The summed E-state index contributed by atoms with van der Waals surface area (Å²) in [6.45, 7) is 8.12. The smallest absolute Gasteiger partial charge is 0.338 e. The van der Waals surface area contributed by atoms with Crippen LogP contribution in [0.2, 0.25) is 0 Å². The van der Waals surface area contributed by atoms with Crippen molar-refractivity contribution >= 4 is 11.7 Å². The van der Waals surface area contributed by atoms with E-state index < -0.39 is 0 Å². The molecule has 2 unspecified atom stereocenters. The molecule has 0 aliphatic carbocycles. The van der Waals surface area contributed by atoms with Crippen LogP contribution in [0.25, 0.3) is 0 Å². The Morgan fingerprint density at radius 1 is 1.26 bits per heavy atom. The number of carbonyl (C=O) groups is 1. The monoisotopic (exact) mass is 263 g/mol. The predicted molar refractivity (Wildman–Crippen MR) is 74.6 cm³/mol. The summed E-state index contributed by atoms with van der Waals surface area (Å²) in [5.74, 6) is -0.266. The van der Waals surface area contributed by atoms with Gasteiger partial charge in [0.25, 0.3) is 0 Å². The quantitative estimate of drug-likeness (QED) is 0.785. The van der Waals surface area contributed by atoms with E-state index in [1.807, 2.05) is 31.2 Å². The molecule has 2 rings (SSSR count). The number of esters is 1. The molecule has 0 bridgehead atoms. The Morgan fingerprint density at radius 2 is 1.84 bits per heavy atom. The van der Waals surface area contributed by atoms with Gasteiger partial charge in [-0.05, 0) is 45.0 Å². The Kier molecular flexibility index (Phi) is 4.43. The minimum absolute atomic E-state index is 0.230. The number of ether oxygens (including phenoxy) is 2. The van der Waals surface area contributed by atoms with Crippen LogP contribution in [-0.4, -0.2) is 37.9 Å². The van der Waals surface area contributed by atoms with Crippen molar-refractivity contribution in [2.75, 3.05) is 24.6 Å². The molecule has 1 aliphatic rings. The van der Waals surface area contributed by atoms with Crippen LogP contribution < -0.4 is 4.90 Å². The van der Waals surface area contributed by atoms with Gasteiger partial charge < -0.3 is 14.4 Å². The lowest BCUT2D eigenvalue weighted by Crippen LogP contribution is -2.45. The third-order valence-electron chi connectivity index (χ3n) is 3.16. The summed E-state index contributed by atoms with van der Waals surface area (Å²) in [6.07, 6.45) is 0.460. The molecule has 104 valence electrons. The van der Waals surface area contributed by atoms with Gasteiger partial charge >= 0.3 is 5.97 Å². The molecule has 1 saturated heterocycles. The van der Waals surface area contributed by atoms with Crippen molar-refractivity contribution < 1.29 is 14.3 Å². The fourth-order valence-electron chi connectivity index (χ4n) is 2.41. The summed E-state index contributed by atoms with van der Waals surface area (Å²) >= 11 is 0. The second-order valence-corrected chi connectivity index (χ2v) is 4.93. The van der Waals surface area contributed by atoms with Crippen molar-refractivity contribution in [1.29, 1.82) is 0 Å². The predicted octanol–water partition coefficient (Wildman–Crippen LogP) is 2.48. The maximum Gasteiger partial charge on any atom is 0.338 e. The lowest BCUT2D eigenvalue weighted by molar-refractivity contribution is -0.00522. The second kappa shape index (κ2) is 6.06. The molecule has 0 amide bonds. The molecule has 1 aliphatic heterocycles. The molecule has 1 aromatic carbocycles. The fraction of sp³-hybridized carbons (Fsp3) is 0.533. The molecular weight excluding hydrogens is 242 g/mol. The zero-order valence-electron chi connectivity index (χ0n) is 11.8. The molecule has 0 aromatic heterocycles.